The van der Waals surface area contributed by atoms with Crippen molar-refractivity contribution in [2.75, 3.05) is 31.7 Å². The predicted molar refractivity (Wildman–Crippen MR) is 112 cm³/mol. The van der Waals surface area contributed by atoms with Crippen molar-refractivity contribution in [3.63, 3.8) is 0 Å². The number of ether oxygens (including phenoxy) is 1. The molecule has 0 N–H and O–H groups in total. The number of benzene rings is 1. The van der Waals surface area contributed by atoms with Gasteiger partial charge in [-0.05, 0) is 31.0 Å². The normalized spacial score (nSPS) is 19.7. The molecule has 0 aromatic heterocycles. The van der Waals surface area contributed by atoms with E-state index in [0.29, 0.717) is 40.9 Å². The quantitative estimate of drug-likeness (QED) is 0.371. The SMILES string of the molecule is CCCN1C(=O)/C(=C2\SC(=S)N(CCCOC)C2=O)c2cc(Br)ccc21. The highest BCUT2D eigenvalue weighted by Crippen LogP contribution is 2.45. The molecule has 0 radical (unpaired) electrons. The van der Waals surface area contributed by atoms with Crippen LogP contribution in [0.25, 0.3) is 5.57 Å². The first-order chi connectivity index (χ1) is 12.5. The smallest absolute Gasteiger partial charge is 0.267 e. The van der Waals surface area contributed by atoms with E-state index in [1.807, 2.05) is 25.1 Å². The summed E-state index contributed by atoms with van der Waals surface area (Å²) in [6.07, 6.45) is 1.54. The second-order valence-electron chi connectivity index (χ2n) is 5.99. The molecule has 0 aliphatic carbocycles. The second-order valence-corrected chi connectivity index (χ2v) is 8.55. The van der Waals surface area contributed by atoms with E-state index < -0.39 is 0 Å². The van der Waals surface area contributed by atoms with Crippen LogP contribution in [0, 0.1) is 0 Å². The lowest BCUT2D eigenvalue weighted by atomic mass is 10.1. The molecule has 138 valence electrons. The lowest BCUT2D eigenvalue weighted by Gasteiger charge is -2.15. The lowest BCUT2D eigenvalue weighted by Crippen LogP contribution is -2.31. The van der Waals surface area contributed by atoms with Crippen LogP contribution in [0.15, 0.2) is 27.6 Å². The third kappa shape index (κ3) is 3.47. The Bertz CT molecular complexity index is 810. The Morgan fingerprint density at radius 2 is 1.96 bits per heavy atom. The van der Waals surface area contributed by atoms with Crippen LogP contribution >= 0.6 is 39.9 Å². The summed E-state index contributed by atoms with van der Waals surface area (Å²) >= 11 is 10.1. The van der Waals surface area contributed by atoms with E-state index in [1.54, 1.807) is 16.9 Å². The van der Waals surface area contributed by atoms with Crippen LogP contribution in [0.5, 0.6) is 0 Å². The van der Waals surface area contributed by atoms with E-state index in [-0.39, 0.29) is 11.8 Å². The Morgan fingerprint density at radius 3 is 2.65 bits per heavy atom. The molecule has 2 heterocycles. The van der Waals surface area contributed by atoms with Crippen molar-refractivity contribution in [3.05, 3.63) is 33.1 Å². The molecule has 26 heavy (non-hydrogen) atoms. The van der Waals surface area contributed by atoms with Gasteiger partial charge in [0.25, 0.3) is 11.8 Å². The first-order valence-corrected chi connectivity index (χ1v) is 10.4. The molecular formula is C18H19BrN2O3S2. The summed E-state index contributed by atoms with van der Waals surface area (Å²) in [5, 5.41) is 0. The average Bonchev–Trinajstić information content (AvgIpc) is 3.03. The molecule has 0 spiro atoms. The predicted octanol–water partition coefficient (Wildman–Crippen LogP) is 3.81. The number of anilines is 1. The first kappa shape index (κ1) is 19.5. The molecule has 1 fully saturated rings. The number of thioether (sulfide) groups is 1. The van der Waals surface area contributed by atoms with Gasteiger partial charge in [0.1, 0.15) is 4.32 Å². The monoisotopic (exact) mass is 454 g/mol. The minimum atomic E-state index is -0.191. The van der Waals surface area contributed by atoms with Crippen LogP contribution in [0.2, 0.25) is 0 Å². The molecule has 2 aliphatic rings. The van der Waals surface area contributed by atoms with E-state index in [0.717, 1.165) is 22.1 Å². The zero-order valence-corrected chi connectivity index (χ0v) is 17.8. The number of carbonyl (C=O) groups is 2. The van der Waals surface area contributed by atoms with Crippen molar-refractivity contribution >= 4 is 67.3 Å². The van der Waals surface area contributed by atoms with E-state index >= 15 is 0 Å². The molecule has 1 aromatic carbocycles. The number of amides is 2. The zero-order valence-electron chi connectivity index (χ0n) is 14.6. The van der Waals surface area contributed by atoms with Gasteiger partial charge in [-0.1, -0.05) is 46.8 Å². The van der Waals surface area contributed by atoms with Crippen molar-refractivity contribution in [1.82, 2.24) is 4.90 Å². The molecule has 2 amide bonds. The highest BCUT2D eigenvalue weighted by Gasteiger charge is 2.41. The highest BCUT2D eigenvalue weighted by molar-refractivity contribution is 9.10. The summed E-state index contributed by atoms with van der Waals surface area (Å²) in [6, 6.07) is 5.72. The second kappa shape index (κ2) is 8.21. The van der Waals surface area contributed by atoms with Gasteiger partial charge in [0.2, 0.25) is 0 Å². The van der Waals surface area contributed by atoms with Crippen molar-refractivity contribution in [2.24, 2.45) is 0 Å². The number of methoxy groups -OCH3 is 1. The molecule has 3 rings (SSSR count). The highest BCUT2D eigenvalue weighted by atomic mass is 79.9. The van der Waals surface area contributed by atoms with Crippen LogP contribution in [-0.2, 0) is 14.3 Å². The largest absolute Gasteiger partial charge is 0.385 e. The molecule has 1 aromatic rings. The van der Waals surface area contributed by atoms with Gasteiger partial charge in [-0.15, -0.1) is 0 Å². The van der Waals surface area contributed by atoms with Gasteiger partial charge in [0.05, 0.1) is 16.2 Å². The van der Waals surface area contributed by atoms with Crippen LogP contribution in [0.3, 0.4) is 0 Å². The zero-order chi connectivity index (χ0) is 18.8. The molecule has 0 bridgehead atoms. The Balaban J connectivity index is 2.02. The molecule has 8 heteroatoms. The van der Waals surface area contributed by atoms with E-state index in [2.05, 4.69) is 15.9 Å². The number of hydrogen-bond donors (Lipinski definition) is 0. The standard InChI is InChI=1S/C18H19BrN2O3S2/c1-3-7-20-13-6-5-11(19)10-12(13)14(16(20)22)15-17(23)21(18(25)26-15)8-4-9-24-2/h5-6,10H,3-4,7-9H2,1-2H3/b15-14-. The number of thiocarbonyl (C=S) groups is 1. The molecular weight excluding hydrogens is 436 g/mol. The average molecular weight is 455 g/mol. The van der Waals surface area contributed by atoms with Gasteiger partial charge in [0.15, 0.2) is 0 Å². The first-order valence-electron chi connectivity index (χ1n) is 8.38. The van der Waals surface area contributed by atoms with Crippen LogP contribution < -0.4 is 4.90 Å². The molecule has 0 unspecified atom stereocenters. The Hall–Kier alpha value is -1.22. The number of hydrogen-bond acceptors (Lipinski definition) is 5. The van der Waals surface area contributed by atoms with Crippen molar-refractivity contribution in [1.29, 1.82) is 0 Å². The fraction of sp³-hybridized carbons (Fsp3) is 0.389. The minimum absolute atomic E-state index is 0.127. The number of carbonyl (C=O) groups excluding carboxylic acids is 2. The molecule has 0 atom stereocenters. The third-order valence-electron chi connectivity index (χ3n) is 4.23. The summed E-state index contributed by atoms with van der Waals surface area (Å²) in [7, 11) is 1.63. The molecule has 0 saturated carbocycles. The maximum Gasteiger partial charge on any atom is 0.267 e. The van der Waals surface area contributed by atoms with E-state index in [4.69, 9.17) is 17.0 Å². The van der Waals surface area contributed by atoms with Crippen LogP contribution in [-0.4, -0.2) is 47.8 Å². The molecule has 5 nitrogen and oxygen atoms in total. The van der Waals surface area contributed by atoms with Gasteiger partial charge in [-0.2, -0.15) is 0 Å². The van der Waals surface area contributed by atoms with Gasteiger partial charge in [-0.3, -0.25) is 14.5 Å². The summed E-state index contributed by atoms with van der Waals surface area (Å²) < 4.78 is 6.41. The maximum absolute atomic E-state index is 13.1. The summed E-state index contributed by atoms with van der Waals surface area (Å²) in [5.74, 6) is -0.318. The summed E-state index contributed by atoms with van der Waals surface area (Å²) in [4.78, 5) is 29.7. The fourth-order valence-corrected chi connectivity index (χ4v) is 4.82. The topological polar surface area (TPSA) is 49.9 Å². The lowest BCUT2D eigenvalue weighted by molar-refractivity contribution is -0.122. The minimum Gasteiger partial charge on any atom is -0.385 e. The maximum atomic E-state index is 13.1. The summed E-state index contributed by atoms with van der Waals surface area (Å²) in [6.45, 7) is 3.69. The number of fused-ring (bicyclic) bond motifs is 1. The van der Waals surface area contributed by atoms with Gasteiger partial charge in [0, 0.05) is 36.8 Å². The molecule has 1 saturated heterocycles. The fourth-order valence-electron chi connectivity index (χ4n) is 3.08. The third-order valence-corrected chi connectivity index (χ3v) is 6.17. The van der Waals surface area contributed by atoms with Gasteiger partial charge < -0.3 is 9.64 Å². The van der Waals surface area contributed by atoms with E-state index in [9.17, 15) is 9.59 Å². The van der Waals surface area contributed by atoms with Gasteiger partial charge >= 0.3 is 0 Å². The Morgan fingerprint density at radius 1 is 1.19 bits per heavy atom. The summed E-state index contributed by atoms with van der Waals surface area (Å²) in [5.41, 5.74) is 2.09. The Labute approximate surface area is 170 Å². The molecule has 2 aliphatic heterocycles. The van der Waals surface area contributed by atoms with Crippen LogP contribution in [0.4, 0.5) is 5.69 Å². The number of nitrogens with zero attached hydrogens (tertiary/aromatic N) is 2. The van der Waals surface area contributed by atoms with E-state index in [1.165, 1.54) is 11.8 Å². The van der Waals surface area contributed by atoms with Crippen molar-refractivity contribution < 1.29 is 14.3 Å². The Kier molecular flexibility index (Phi) is 6.17. The number of halogens is 1. The van der Waals surface area contributed by atoms with Crippen molar-refractivity contribution in [2.45, 2.75) is 19.8 Å². The van der Waals surface area contributed by atoms with Crippen molar-refractivity contribution in [3.8, 4) is 0 Å². The van der Waals surface area contributed by atoms with Gasteiger partial charge in [-0.25, -0.2) is 0 Å². The number of rotatable bonds is 6. The van der Waals surface area contributed by atoms with Crippen LogP contribution in [0.1, 0.15) is 25.3 Å².